The van der Waals surface area contributed by atoms with E-state index in [1.54, 1.807) is 0 Å². The number of ether oxygens (including phenoxy) is 1. The first-order valence-corrected chi connectivity index (χ1v) is 7.32. The fourth-order valence-electron chi connectivity index (χ4n) is 2.52. The van der Waals surface area contributed by atoms with Crippen LogP contribution in [0.15, 0.2) is 12.1 Å². The van der Waals surface area contributed by atoms with Gasteiger partial charge in [-0.3, -0.25) is 0 Å². The van der Waals surface area contributed by atoms with E-state index in [0.717, 1.165) is 18.9 Å². The van der Waals surface area contributed by atoms with E-state index >= 15 is 0 Å². The molecule has 0 aromatic carbocycles. The molecule has 0 bridgehead atoms. The molecular weight excluding hydrogens is 252 g/mol. The van der Waals surface area contributed by atoms with Gasteiger partial charge in [0.25, 0.3) is 0 Å². The summed E-state index contributed by atoms with van der Waals surface area (Å²) in [5, 5.41) is 0. The number of likely N-dealkylation sites (tertiary alicyclic amines) is 1. The number of hydrogen-bond acceptors (Lipinski definition) is 5. The molecule has 112 valence electrons. The summed E-state index contributed by atoms with van der Waals surface area (Å²) >= 11 is 0. The molecule has 2 N–H and O–H groups in total. The predicted molar refractivity (Wildman–Crippen MR) is 83.3 cm³/mol. The van der Waals surface area contributed by atoms with Gasteiger partial charge in [0, 0.05) is 13.1 Å². The second-order valence-electron chi connectivity index (χ2n) is 5.88. The van der Waals surface area contributed by atoms with Crippen LogP contribution in [0.1, 0.15) is 26.7 Å². The van der Waals surface area contributed by atoms with Crippen molar-refractivity contribution >= 4 is 11.5 Å². The number of anilines is 2. The molecule has 0 spiro atoms. The molecule has 0 unspecified atom stereocenters. The first-order valence-electron chi connectivity index (χ1n) is 7.32. The van der Waals surface area contributed by atoms with Crippen molar-refractivity contribution in [3.05, 3.63) is 12.1 Å². The number of nitrogen functional groups attached to an aromatic ring is 1. The first-order chi connectivity index (χ1) is 9.47. The maximum absolute atomic E-state index is 5.92. The van der Waals surface area contributed by atoms with E-state index in [1.165, 1.54) is 12.8 Å². The number of aromatic nitrogens is 1. The summed E-state index contributed by atoms with van der Waals surface area (Å²) in [6, 6.07) is 4.39. The van der Waals surface area contributed by atoms with Crippen molar-refractivity contribution in [1.29, 1.82) is 0 Å². The molecule has 0 aliphatic carbocycles. The molecule has 0 radical (unpaired) electrons. The highest BCUT2D eigenvalue weighted by Gasteiger charge is 2.22. The highest BCUT2D eigenvalue weighted by Crippen LogP contribution is 2.26. The Kier molecular flexibility index (Phi) is 4.70. The molecule has 2 heterocycles. The van der Waals surface area contributed by atoms with Crippen LogP contribution in [-0.4, -0.2) is 49.2 Å². The number of rotatable bonds is 4. The summed E-state index contributed by atoms with van der Waals surface area (Å²) in [6.45, 7) is 6.24. The van der Waals surface area contributed by atoms with Crippen molar-refractivity contribution in [2.24, 2.45) is 0 Å². The van der Waals surface area contributed by atoms with Crippen LogP contribution in [-0.2, 0) is 0 Å². The van der Waals surface area contributed by atoms with Gasteiger partial charge in [-0.05, 0) is 59.0 Å². The summed E-state index contributed by atoms with van der Waals surface area (Å²) in [4.78, 5) is 9.19. The summed E-state index contributed by atoms with van der Waals surface area (Å²) in [5.74, 6) is 1.47. The molecule has 2 rings (SSSR count). The zero-order valence-corrected chi connectivity index (χ0v) is 13.0. The van der Waals surface area contributed by atoms with Gasteiger partial charge in [0.15, 0.2) is 0 Å². The Morgan fingerprint density at radius 3 is 2.60 bits per heavy atom. The van der Waals surface area contributed by atoms with Gasteiger partial charge in [-0.25, -0.2) is 0 Å². The van der Waals surface area contributed by atoms with Crippen LogP contribution >= 0.6 is 0 Å². The Hall–Kier alpha value is -1.49. The molecule has 1 aliphatic heterocycles. The maximum atomic E-state index is 5.92. The van der Waals surface area contributed by atoms with Gasteiger partial charge < -0.3 is 20.3 Å². The highest BCUT2D eigenvalue weighted by molar-refractivity contribution is 5.54. The van der Waals surface area contributed by atoms with E-state index in [4.69, 9.17) is 10.5 Å². The lowest BCUT2D eigenvalue weighted by Gasteiger charge is -2.35. The SMILES string of the molecule is CC(C)Oc1nc(N(C)C2CCN(C)CC2)ccc1N. The number of nitrogens with zero attached hydrogens (tertiary/aromatic N) is 3. The average Bonchev–Trinajstić information content (AvgIpc) is 2.41. The predicted octanol–water partition coefficient (Wildman–Crippen LogP) is 1.98. The molecule has 5 heteroatoms. The van der Waals surface area contributed by atoms with Gasteiger partial charge in [-0.1, -0.05) is 0 Å². The summed E-state index contributed by atoms with van der Waals surface area (Å²) in [5.41, 5.74) is 6.52. The van der Waals surface area contributed by atoms with Gasteiger partial charge in [0.2, 0.25) is 5.88 Å². The van der Waals surface area contributed by atoms with Crippen LogP contribution in [0.25, 0.3) is 0 Å². The third-order valence-corrected chi connectivity index (χ3v) is 3.82. The molecule has 1 fully saturated rings. The van der Waals surface area contributed by atoms with Crippen molar-refractivity contribution in [3.8, 4) is 5.88 Å². The van der Waals surface area contributed by atoms with E-state index in [2.05, 4.69) is 28.9 Å². The van der Waals surface area contributed by atoms with Crippen LogP contribution in [0.2, 0.25) is 0 Å². The lowest BCUT2D eigenvalue weighted by atomic mass is 10.0. The lowest BCUT2D eigenvalue weighted by Crippen LogP contribution is -2.42. The number of hydrogen-bond donors (Lipinski definition) is 1. The topological polar surface area (TPSA) is 54.6 Å². The maximum Gasteiger partial charge on any atom is 0.239 e. The smallest absolute Gasteiger partial charge is 0.239 e. The summed E-state index contributed by atoms with van der Waals surface area (Å²) < 4.78 is 5.67. The molecule has 0 saturated carbocycles. The van der Waals surface area contributed by atoms with E-state index < -0.39 is 0 Å². The Morgan fingerprint density at radius 2 is 2.00 bits per heavy atom. The average molecular weight is 278 g/mol. The number of piperidine rings is 1. The van der Waals surface area contributed by atoms with Gasteiger partial charge in [-0.15, -0.1) is 0 Å². The van der Waals surface area contributed by atoms with Crippen molar-refractivity contribution in [3.63, 3.8) is 0 Å². The Labute approximate surface area is 121 Å². The summed E-state index contributed by atoms with van der Waals surface area (Å²) in [6.07, 6.45) is 2.41. The minimum Gasteiger partial charge on any atom is -0.473 e. The van der Waals surface area contributed by atoms with Gasteiger partial charge >= 0.3 is 0 Å². The van der Waals surface area contributed by atoms with Crippen molar-refractivity contribution in [2.75, 3.05) is 37.8 Å². The normalized spacial score (nSPS) is 17.4. The van der Waals surface area contributed by atoms with E-state index in [-0.39, 0.29) is 6.10 Å². The Bertz CT molecular complexity index is 441. The second kappa shape index (κ2) is 6.31. The molecule has 20 heavy (non-hydrogen) atoms. The van der Waals surface area contributed by atoms with Gasteiger partial charge in [0.1, 0.15) is 5.82 Å². The largest absolute Gasteiger partial charge is 0.473 e. The van der Waals surface area contributed by atoms with Crippen LogP contribution in [0.3, 0.4) is 0 Å². The summed E-state index contributed by atoms with van der Waals surface area (Å²) in [7, 11) is 4.28. The number of nitrogens with two attached hydrogens (primary N) is 1. The first kappa shape index (κ1) is 14.9. The quantitative estimate of drug-likeness (QED) is 0.912. The van der Waals surface area contributed by atoms with Crippen LogP contribution in [0.4, 0.5) is 11.5 Å². The second-order valence-corrected chi connectivity index (χ2v) is 5.88. The lowest BCUT2D eigenvalue weighted by molar-refractivity contribution is 0.233. The molecule has 1 aromatic heterocycles. The highest BCUT2D eigenvalue weighted by atomic mass is 16.5. The van der Waals surface area contributed by atoms with Crippen molar-refractivity contribution in [2.45, 2.75) is 38.8 Å². The molecular formula is C15H26N4O. The van der Waals surface area contributed by atoms with Crippen LogP contribution < -0.4 is 15.4 Å². The monoisotopic (exact) mass is 278 g/mol. The van der Waals surface area contributed by atoms with Crippen molar-refractivity contribution in [1.82, 2.24) is 9.88 Å². The standard InChI is InChI=1S/C15H26N4O/c1-11(2)20-15-13(16)5-6-14(17-15)19(4)12-7-9-18(3)10-8-12/h5-6,11-12H,7-10,16H2,1-4H3. The molecule has 0 amide bonds. The molecule has 0 atom stereocenters. The van der Waals surface area contributed by atoms with Gasteiger partial charge in [0.05, 0.1) is 11.8 Å². The minimum absolute atomic E-state index is 0.0775. The van der Waals surface area contributed by atoms with E-state index in [0.29, 0.717) is 17.6 Å². The molecule has 1 aliphatic rings. The number of pyridine rings is 1. The zero-order valence-electron chi connectivity index (χ0n) is 13.0. The van der Waals surface area contributed by atoms with Crippen molar-refractivity contribution < 1.29 is 4.74 Å². The Balaban J connectivity index is 2.11. The zero-order chi connectivity index (χ0) is 14.7. The van der Waals surface area contributed by atoms with Crippen LogP contribution in [0, 0.1) is 0 Å². The molecule has 1 saturated heterocycles. The minimum atomic E-state index is 0.0775. The van der Waals surface area contributed by atoms with E-state index in [9.17, 15) is 0 Å². The van der Waals surface area contributed by atoms with Gasteiger partial charge in [-0.2, -0.15) is 4.98 Å². The molecule has 1 aromatic rings. The van der Waals surface area contributed by atoms with E-state index in [1.807, 2.05) is 26.0 Å². The molecule has 5 nitrogen and oxygen atoms in total. The van der Waals surface area contributed by atoms with Crippen LogP contribution in [0.5, 0.6) is 5.88 Å². The fraction of sp³-hybridized carbons (Fsp3) is 0.667. The Morgan fingerprint density at radius 1 is 1.35 bits per heavy atom. The third kappa shape index (κ3) is 3.54. The third-order valence-electron chi connectivity index (χ3n) is 3.82. The fourth-order valence-corrected chi connectivity index (χ4v) is 2.52.